The number of aromatic carboxylic acids is 1. The Morgan fingerprint density at radius 2 is 0.967 bits per heavy atom. The SMILES string of the molecule is COc1cc(-c2cnn3cc(-c4cnn(C)c4)cnc23)cc(OC)c1C(=O)CCC(F)(F)F.COc1cc(-c2cnn3cc(-c4cnn(C)c4)cnc23)cc(OC)c1C(=O)O. The lowest BCUT2D eigenvalue weighted by Crippen LogP contribution is -2.12. The number of Topliss-reactive ketones (excluding diaryl/α,β-unsaturated/α-hetero) is 1. The normalized spacial score (nSPS) is 11.4. The van der Waals surface area contributed by atoms with Gasteiger partial charge in [0, 0.05) is 91.1 Å². The Morgan fingerprint density at radius 1 is 0.574 bits per heavy atom. The number of carboxylic acids is 1. The van der Waals surface area contributed by atoms with E-state index in [9.17, 15) is 27.9 Å². The number of hydrogen-bond donors (Lipinski definition) is 1. The Labute approximate surface area is 344 Å². The number of fused-ring (bicyclic) bond motifs is 2. The molecule has 17 nitrogen and oxygen atoms in total. The number of benzene rings is 2. The van der Waals surface area contributed by atoms with E-state index in [1.165, 1.54) is 28.4 Å². The molecule has 0 spiro atoms. The van der Waals surface area contributed by atoms with E-state index in [1.54, 1.807) is 79.8 Å². The number of carbonyl (C=O) groups is 2. The van der Waals surface area contributed by atoms with Gasteiger partial charge in [0.25, 0.3) is 0 Å². The van der Waals surface area contributed by atoms with Crippen LogP contribution in [-0.4, -0.2) is 100 Å². The van der Waals surface area contributed by atoms with Crippen molar-refractivity contribution in [3.8, 4) is 67.5 Å². The van der Waals surface area contributed by atoms with Gasteiger partial charge in [-0.15, -0.1) is 0 Å². The molecule has 0 saturated carbocycles. The molecule has 0 bridgehead atoms. The first-order chi connectivity index (χ1) is 29.2. The highest BCUT2D eigenvalue weighted by molar-refractivity contribution is 6.02. The van der Waals surface area contributed by atoms with Gasteiger partial charge in [-0.1, -0.05) is 0 Å². The number of carboxylic acid groups (broad SMARTS) is 1. The molecule has 6 heterocycles. The van der Waals surface area contributed by atoms with Gasteiger partial charge in [-0.25, -0.2) is 23.8 Å². The number of ether oxygens (including phenoxy) is 4. The number of methoxy groups -OCH3 is 4. The van der Waals surface area contributed by atoms with Gasteiger partial charge in [0.2, 0.25) is 0 Å². The molecule has 61 heavy (non-hydrogen) atoms. The summed E-state index contributed by atoms with van der Waals surface area (Å²) < 4.78 is 65.7. The van der Waals surface area contributed by atoms with Crippen LogP contribution in [0, 0.1) is 0 Å². The first-order valence-electron chi connectivity index (χ1n) is 18.2. The fraction of sp³-hybridized carbons (Fsp3) is 0.220. The van der Waals surface area contributed by atoms with Crippen LogP contribution in [0.4, 0.5) is 13.2 Å². The molecule has 1 N–H and O–H groups in total. The molecule has 314 valence electrons. The monoisotopic (exact) mass is 838 g/mol. The van der Waals surface area contributed by atoms with Gasteiger partial charge in [0.05, 0.1) is 59.6 Å². The summed E-state index contributed by atoms with van der Waals surface area (Å²) >= 11 is 0. The Bertz CT molecular complexity index is 2860. The minimum absolute atomic E-state index is 0.0305. The predicted octanol–water partition coefficient (Wildman–Crippen LogP) is 6.85. The van der Waals surface area contributed by atoms with Crippen molar-refractivity contribution in [1.29, 1.82) is 0 Å². The number of aromatic nitrogens is 10. The van der Waals surface area contributed by atoms with E-state index in [0.29, 0.717) is 28.0 Å². The predicted molar refractivity (Wildman–Crippen MR) is 214 cm³/mol. The van der Waals surface area contributed by atoms with Crippen LogP contribution in [0.2, 0.25) is 0 Å². The van der Waals surface area contributed by atoms with E-state index in [2.05, 4.69) is 30.4 Å². The maximum absolute atomic E-state index is 12.6. The average Bonchev–Trinajstić information content (AvgIpc) is 4.08. The summed E-state index contributed by atoms with van der Waals surface area (Å²) in [5.41, 5.74) is 7.28. The van der Waals surface area contributed by atoms with Crippen molar-refractivity contribution in [3.63, 3.8) is 0 Å². The third-order valence-electron chi connectivity index (χ3n) is 9.55. The Hall–Kier alpha value is -7.77. The standard InChI is InChI=1S/C22H20F3N5O3.C19H17N5O4/c1-29-11-15(9-27-29)14-8-26-21-16(10-28-30(21)12-14)13-6-18(32-2)20(19(7-13)33-3)17(31)4-5-22(23,24)25;1-23-9-13(7-21-23)12-6-20-18-14(8-22-24(18)10-12)11-4-15(27-2)17(19(25)26)16(5-11)28-3/h6-12H,4-5H2,1-3H3;4-10H,1-3H3,(H,25,26). The molecule has 0 aliphatic carbocycles. The van der Waals surface area contributed by atoms with E-state index in [-0.39, 0.29) is 34.1 Å². The van der Waals surface area contributed by atoms with Gasteiger partial charge in [-0.2, -0.15) is 33.6 Å². The van der Waals surface area contributed by atoms with E-state index in [4.69, 9.17) is 18.9 Å². The van der Waals surface area contributed by atoms with Crippen LogP contribution in [0.1, 0.15) is 33.6 Å². The van der Waals surface area contributed by atoms with Crippen LogP contribution < -0.4 is 18.9 Å². The van der Waals surface area contributed by atoms with Crippen LogP contribution >= 0.6 is 0 Å². The summed E-state index contributed by atoms with van der Waals surface area (Å²) in [5.74, 6) is -1.21. The zero-order valence-electron chi connectivity index (χ0n) is 33.5. The van der Waals surface area contributed by atoms with Crippen molar-refractivity contribution in [2.24, 2.45) is 14.1 Å². The van der Waals surface area contributed by atoms with Gasteiger partial charge in [-0.3, -0.25) is 14.2 Å². The van der Waals surface area contributed by atoms with Crippen molar-refractivity contribution < 1.29 is 46.8 Å². The lowest BCUT2D eigenvalue weighted by atomic mass is 9.99. The molecule has 0 aliphatic heterocycles. The van der Waals surface area contributed by atoms with Crippen LogP contribution in [0.3, 0.4) is 0 Å². The highest BCUT2D eigenvalue weighted by atomic mass is 19.4. The van der Waals surface area contributed by atoms with Crippen molar-refractivity contribution in [3.05, 3.63) is 97.4 Å². The molecule has 6 aromatic heterocycles. The Kier molecular flexibility index (Phi) is 11.4. The average molecular weight is 839 g/mol. The second-order valence-electron chi connectivity index (χ2n) is 13.5. The van der Waals surface area contributed by atoms with E-state index < -0.39 is 30.8 Å². The second kappa shape index (κ2) is 16.8. The molecule has 0 saturated heterocycles. The highest BCUT2D eigenvalue weighted by Crippen LogP contribution is 2.39. The quantitative estimate of drug-likeness (QED) is 0.126. The summed E-state index contributed by atoms with van der Waals surface area (Å²) in [5, 5.41) is 26.5. The van der Waals surface area contributed by atoms with E-state index in [0.717, 1.165) is 27.8 Å². The zero-order valence-corrected chi connectivity index (χ0v) is 33.5. The molecular weight excluding hydrogens is 802 g/mol. The summed E-state index contributed by atoms with van der Waals surface area (Å²) in [7, 11) is 9.18. The molecular formula is C41H37F3N10O7. The first kappa shape index (κ1) is 41.4. The van der Waals surface area contributed by atoms with Crippen molar-refractivity contribution in [2.45, 2.75) is 19.0 Å². The van der Waals surface area contributed by atoms with Crippen LogP contribution in [0.25, 0.3) is 55.8 Å². The molecule has 0 aliphatic rings. The molecule has 0 unspecified atom stereocenters. The number of hydrogen-bond acceptors (Lipinski definition) is 12. The molecule has 0 fully saturated rings. The van der Waals surface area contributed by atoms with Gasteiger partial charge in [-0.05, 0) is 35.4 Å². The Morgan fingerprint density at radius 3 is 1.31 bits per heavy atom. The van der Waals surface area contributed by atoms with E-state index in [1.807, 2.05) is 38.9 Å². The number of halogens is 3. The number of aryl methyl sites for hydroxylation is 2. The third kappa shape index (κ3) is 8.54. The lowest BCUT2D eigenvalue weighted by molar-refractivity contribution is -0.133. The van der Waals surface area contributed by atoms with Gasteiger partial charge in [0.15, 0.2) is 17.1 Å². The Balaban J connectivity index is 0.000000186. The zero-order chi connectivity index (χ0) is 43.6. The molecule has 0 amide bonds. The largest absolute Gasteiger partial charge is 0.496 e. The lowest BCUT2D eigenvalue weighted by Gasteiger charge is -2.15. The molecule has 8 rings (SSSR count). The van der Waals surface area contributed by atoms with Crippen LogP contribution in [0.5, 0.6) is 23.0 Å². The molecule has 2 aromatic carbocycles. The summed E-state index contributed by atoms with van der Waals surface area (Å²) in [6.45, 7) is 0. The van der Waals surface area contributed by atoms with Crippen molar-refractivity contribution in [1.82, 2.24) is 48.8 Å². The van der Waals surface area contributed by atoms with Crippen molar-refractivity contribution in [2.75, 3.05) is 28.4 Å². The fourth-order valence-corrected chi connectivity index (χ4v) is 6.60. The van der Waals surface area contributed by atoms with Crippen LogP contribution in [0.15, 0.2) is 86.2 Å². The number of alkyl halides is 3. The summed E-state index contributed by atoms with van der Waals surface area (Å²) in [4.78, 5) is 33.1. The molecule has 0 radical (unpaired) electrons. The van der Waals surface area contributed by atoms with Crippen LogP contribution in [-0.2, 0) is 14.1 Å². The number of rotatable bonds is 12. The van der Waals surface area contributed by atoms with Gasteiger partial charge < -0.3 is 24.1 Å². The molecule has 0 atom stereocenters. The summed E-state index contributed by atoms with van der Waals surface area (Å²) in [6, 6.07) is 6.41. The number of nitrogens with zero attached hydrogens (tertiary/aromatic N) is 10. The number of carbonyl (C=O) groups excluding carboxylic acids is 1. The smallest absolute Gasteiger partial charge is 0.389 e. The fourth-order valence-electron chi connectivity index (χ4n) is 6.60. The minimum Gasteiger partial charge on any atom is -0.496 e. The molecule has 8 aromatic rings. The first-order valence-corrected chi connectivity index (χ1v) is 18.2. The molecule has 20 heteroatoms. The van der Waals surface area contributed by atoms with Crippen molar-refractivity contribution >= 4 is 23.0 Å². The third-order valence-corrected chi connectivity index (χ3v) is 9.55. The second-order valence-corrected chi connectivity index (χ2v) is 13.5. The van der Waals surface area contributed by atoms with Gasteiger partial charge in [0.1, 0.15) is 34.1 Å². The van der Waals surface area contributed by atoms with E-state index >= 15 is 0 Å². The topological polar surface area (TPSA) is 187 Å². The maximum Gasteiger partial charge on any atom is 0.389 e. The van der Waals surface area contributed by atoms with Gasteiger partial charge >= 0.3 is 12.1 Å². The maximum atomic E-state index is 12.6. The minimum atomic E-state index is -4.44. The highest BCUT2D eigenvalue weighted by Gasteiger charge is 2.30. The number of ketones is 1. The summed E-state index contributed by atoms with van der Waals surface area (Å²) in [6.07, 6.45) is 11.3.